The molecule has 3 N–H and O–H groups in total. The number of hydrogen-bond acceptors (Lipinski definition) is 3. The molecule has 1 heterocycles. The van der Waals surface area contributed by atoms with Gasteiger partial charge in [-0.05, 0) is 44.2 Å². The highest BCUT2D eigenvalue weighted by molar-refractivity contribution is 7.98. The maximum absolute atomic E-state index is 7.87. The Hall–Kier alpha value is -1.75. The molecule has 0 unspecified atom stereocenters. The predicted molar refractivity (Wildman–Crippen MR) is 85.2 cm³/mol. The summed E-state index contributed by atoms with van der Waals surface area (Å²) in [6.07, 6.45) is 2.94. The van der Waals surface area contributed by atoms with Crippen LogP contribution in [0.5, 0.6) is 0 Å². The van der Waals surface area contributed by atoms with Gasteiger partial charge in [-0.2, -0.15) is 5.10 Å². The van der Waals surface area contributed by atoms with Crippen molar-refractivity contribution in [3.8, 4) is 5.69 Å². The van der Waals surface area contributed by atoms with Gasteiger partial charge in [0.2, 0.25) is 0 Å². The lowest BCUT2D eigenvalue weighted by Crippen LogP contribution is -2.17. The van der Waals surface area contributed by atoms with E-state index in [0.717, 1.165) is 34.0 Å². The number of aromatic nitrogens is 2. The molecule has 0 fully saturated rings. The number of nitrogen functional groups attached to an aromatic ring is 1. The van der Waals surface area contributed by atoms with Crippen LogP contribution in [-0.4, -0.2) is 21.9 Å². The minimum Gasteiger partial charge on any atom is -0.384 e. The zero-order chi connectivity index (χ0) is 14.9. The van der Waals surface area contributed by atoms with Crippen molar-refractivity contribution in [3.63, 3.8) is 0 Å². The monoisotopic (exact) mass is 288 g/mol. The number of nitrogens with two attached hydrogens (primary N) is 1. The normalized spacial score (nSPS) is 10.8. The number of amidine groups is 1. The van der Waals surface area contributed by atoms with Gasteiger partial charge in [0.15, 0.2) is 0 Å². The maximum Gasteiger partial charge on any atom is 0.126 e. The molecule has 0 spiro atoms. The second kappa shape index (κ2) is 5.71. The molecule has 0 radical (unpaired) electrons. The topological polar surface area (TPSA) is 67.7 Å². The first-order valence-electron chi connectivity index (χ1n) is 6.58. The minimum atomic E-state index is 0.0792. The van der Waals surface area contributed by atoms with Gasteiger partial charge in [0, 0.05) is 10.6 Å². The van der Waals surface area contributed by atoms with Crippen LogP contribution in [-0.2, 0) is 6.42 Å². The lowest BCUT2D eigenvalue weighted by Gasteiger charge is -2.13. The number of nitrogens with one attached hydrogen (secondary N) is 1. The number of aryl methyl sites for hydroxylation is 1. The first kappa shape index (κ1) is 14.7. The van der Waals surface area contributed by atoms with E-state index in [-0.39, 0.29) is 5.84 Å². The maximum atomic E-state index is 7.87. The Balaban J connectivity index is 2.73. The van der Waals surface area contributed by atoms with Crippen molar-refractivity contribution >= 4 is 17.6 Å². The van der Waals surface area contributed by atoms with Crippen LogP contribution in [0.2, 0.25) is 0 Å². The number of nitrogens with zero attached hydrogens (tertiary/aromatic N) is 2. The predicted octanol–water partition coefficient (Wildman–Crippen LogP) is 3.06. The highest BCUT2D eigenvalue weighted by Crippen LogP contribution is 2.27. The van der Waals surface area contributed by atoms with Crippen LogP contribution in [0, 0.1) is 19.3 Å². The summed E-state index contributed by atoms with van der Waals surface area (Å²) in [6, 6.07) is 5.93. The molecule has 1 aromatic carbocycles. The molecule has 1 aromatic heterocycles. The average Bonchev–Trinajstić information content (AvgIpc) is 2.72. The van der Waals surface area contributed by atoms with Gasteiger partial charge in [-0.3, -0.25) is 5.41 Å². The van der Waals surface area contributed by atoms with Crippen LogP contribution in [0.25, 0.3) is 5.69 Å². The highest BCUT2D eigenvalue weighted by atomic mass is 32.2. The van der Waals surface area contributed by atoms with Gasteiger partial charge in [0.25, 0.3) is 0 Å². The Labute approximate surface area is 123 Å². The van der Waals surface area contributed by atoms with E-state index >= 15 is 0 Å². The van der Waals surface area contributed by atoms with Crippen LogP contribution in [0.15, 0.2) is 23.1 Å². The number of thioether (sulfide) groups is 1. The average molecular weight is 288 g/mol. The fourth-order valence-electron chi connectivity index (χ4n) is 2.56. The number of benzene rings is 1. The van der Waals surface area contributed by atoms with Crippen molar-refractivity contribution in [2.75, 3.05) is 6.26 Å². The third-order valence-electron chi connectivity index (χ3n) is 3.52. The van der Waals surface area contributed by atoms with E-state index in [1.54, 1.807) is 11.8 Å². The summed E-state index contributed by atoms with van der Waals surface area (Å²) in [7, 11) is 0. The molecule has 2 aromatic rings. The first-order valence-corrected chi connectivity index (χ1v) is 7.80. The fraction of sp³-hybridized carbons (Fsp3) is 0.333. The SMILES string of the molecule is CCc1c(C)nn(-c2cccc(SC)c2C(=N)N)c1C. The van der Waals surface area contributed by atoms with Gasteiger partial charge < -0.3 is 5.73 Å². The molecule has 0 aliphatic rings. The summed E-state index contributed by atoms with van der Waals surface area (Å²) in [5, 5.41) is 12.5. The quantitative estimate of drug-likeness (QED) is 0.516. The Morgan fingerprint density at radius 1 is 1.40 bits per heavy atom. The highest BCUT2D eigenvalue weighted by Gasteiger charge is 2.17. The zero-order valence-corrected chi connectivity index (χ0v) is 13.1. The van der Waals surface area contributed by atoms with Gasteiger partial charge in [-0.25, -0.2) is 4.68 Å². The van der Waals surface area contributed by atoms with Crippen molar-refractivity contribution in [1.82, 2.24) is 9.78 Å². The Bertz CT molecular complexity index is 658. The summed E-state index contributed by atoms with van der Waals surface area (Å²) in [5.41, 5.74) is 10.8. The fourth-order valence-corrected chi connectivity index (χ4v) is 3.19. The molecule has 0 amide bonds. The molecule has 20 heavy (non-hydrogen) atoms. The molecular weight excluding hydrogens is 268 g/mol. The molecule has 106 valence electrons. The lowest BCUT2D eigenvalue weighted by molar-refractivity contribution is 0.827. The van der Waals surface area contributed by atoms with E-state index in [1.165, 1.54) is 5.56 Å². The molecule has 2 rings (SSSR count). The zero-order valence-electron chi connectivity index (χ0n) is 12.3. The van der Waals surface area contributed by atoms with E-state index in [4.69, 9.17) is 11.1 Å². The van der Waals surface area contributed by atoms with Gasteiger partial charge in [-0.1, -0.05) is 13.0 Å². The smallest absolute Gasteiger partial charge is 0.126 e. The van der Waals surface area contributed by atoms with Crippen molar-refractivity contribution < 1.29 is 0 Å². The van der Waals surface area contributed by atoms with E-state index < -0.39 is 0 Å². The van der Waals surface area contributed by atoms with Crippen molar-refractivity contribution in [1.29, 1.82) is 5.41 Å². The van der Waals surface area contributed by atoms with E-state index in [0.29, 0.717) is 0 Å². The van der Waals surface area contributed by atoms with Gasteiger partial charge >= 0.3 is 0 Å². The van der Waals surface area contributed by atoms with Crippen LogP contribution in [0.4, 0.5) is 0 Å². The summed E-state index contributed by atoms with van der Waals surface area (Å²) < 4.78 is 1.91. The van der Waals surface area contributed by atoms with Crippen LogP contribution in [0.3, 0.4) is 0 Å². The summed E-state index contributed by atoms with van der Waals surface area (Å²) >= 11 is 1.59. The Morgan fingerprint density at radius 2 is 2.10 bits per heavy atom. The summed E-state index contributed by atoms with van der Waals surface area (Å²) in [5.74, 6) is 0.0792. The molecule has 0 atom stereocenters. The largest absolute Gasteiger partial charge is 0.384 e. The van der Waals surface area contributed by atoms with Crippen LogP contribution < -0.4 is 5.73 Å². The number of hydrogen-bond donors (Lipinski definition) is 2. The van der Waals surface area contributed by atoms with Gasteiger partial charge in [0.05, 0.1) is 16.9 Å². The Morgan fingerprint density at radius 3 is 2.60 bits per heavy atom. The van der Waals surface area contributed by atoms with Gasteiger partial charge in [-0.15, -0.1) is 11.8 Å². The molecule has 0 aliphatic carbocycles. The van der Waals surface area contributed by atoms with Crippen LogP contribution >= 0.6 is 11.8 Å². The molecule has 0 saturated carbocycles. The third kappa shape index (κ3) is 2.33. The van der Waals surface area contributed by atoms with Crippen molar-refractivity contribution in [2.24, 2.45) is 5.73 Å². The molecule has 4 nitrogen and oxygen atoms in total. The second-order valence-corrected chi connectivity index (χ2v) is 5.53. The molecule has 0 bridgehead atoms. The second-order valence-electron chi connectivity index (χ2n) is 4.68. The van der Waals surface area contributed by atoms with E-state index in [2.05, 4.69) is 18.9 Å². The van der Waals surface area contributed by atoms with Crippen LogP contribution in [0.1, 0.15) is 29.4 Å². The van der Waals surface area contributed by atoms with E-state index in [9.17, 15) is 0 Å². The third-order valence-corrected chi connectivity index (χ3v) is 4.30. The minimum absolute atomic E-state index is 0.0792. The standard InChI is InChI=1S/C15H20N4S/c1-5-11-9(2)18-19(10(11)3)12-7-6-8-13(20-4)14(12)15(16)17/h6-8H,5H2,1-4H3,(H3,16,17). The van der Waals surface area contributed by atoms with E-state index in [1.807, 2.05) is 36.1 Å². The molecule has 0 saturated heterocycles. The van der Waals surface area contributed by atoms with Crippen molar-refractivity contribution in [2.45, 2.75) is 32.1 Å². The summed E-state index contributed by atoms with van der Waals surface area (Å²) in [6.45, 7) is 6.22. The van der Waals surface area contributed by atoms with Crippen molar-refractivity contribution in [3.05, 3.63) is 40.7 Å². The Kier molecular flexibility index (Phi) is 4.18. The number of rotatable bonds is 4. The molecule has 0 aliphatic heterocycles. The summed E-state index contributed by atoms with van der Waals surface area (Å²) in [4.78, 5) is 1.00. The first-order chi connectivity index (χ1) is 9.51. The van der Waals surface area contributed by atoms with Gasteiger partial charge in [0.1, 0.15) is 5.84 Å². The molecule has 5 heteroatoms. The molecular formula is C15H20N4S. The lowest BCUT2D eigenvalue weighted by atomic mass is 10.1.